The summed E-state index contributed by atoms with van der Waals surface area (Å²) in [6.45, 7) is 1.81. The highest BCUT2D eigenvalue weighted by Crippen LogP contribution is 2.39. The van der Waals surface area contributed by atoms with Crippen LogP contribution in [0.2, 0.25) is 0 Å². The molecule has 2 aromatic carbocycles. The van der Waals surface area contributed by atoms with Crippen molar-refractivity contribution in [3.05, 3.63) is 60.2 Å². The van der Waals surface area contributed by atoms with E-state index in [1.807, 2.05) is 73.1 Å². The second-order valence-electron chi connectivity index (χ2n) is 7.02. The van der Waals surface area contributed by atoms with Gasteiger partial charge in [-0.1, -0.05) is 55.5 Å². The van der Waals surface area contributed by atoms with Gasteiger partial charge in [-0.25, -0.2) is 0 Å². The van der Waals surface area contributed by atoms with E-state index in [1.165, 1.54) is 0 Å². The Labute approximate surface area is 152 Å². The minimum absolute atomic E-state index is 0.0380. The zero-order chi connectivity index (χ0) is 18.3. The normalized spacial score (nSPS) is 18.7. The standard InChI is InChI=1S/C22H21NO3/c1-14-12-17(14)22(25)26-13-19(24)20-16-10-6-7-11-18(16)23(2)21(20)15-8-4-3-5-9-15/h3-11,14,17H,12-13H2,1-2H3/t14-,17-/m0/s1. The molecule has 3 aromatic rings. The Morgan fingerprint density at radius 2 is 1.73 bits per heavy atom. The first-order chi connectivity index (χ1) is 12.6. The lowest BCUT2D eigenvalue weighted by Gasteiger charge is -2.08. The number of benzene rings is 2. The Balaban J connectivity index is 1.73. The van der Waals surface area contributed by atoms with Crippen molar-refractivity contribution < 1.29 is 14.3 Å². The average Bonchev–Trinajstić information content (AvgIpc) is 3.33. The largest absolute Gasteiger partial charge is 0.457 e. The minimum atomic E-state index is -0.257. The molecule has 0 amide bonds. The lowest BCUT2D eigenvalue weighted by Crippen LogP contribution is -2.16. The smallest absolute Gasteiger partial charge is 0.309 e. The summed E-state index contributed by atoms with van der Waals surface area (Å²) >= 11 is 0. The molecule has 4 rings (SSSR count). The summed E-state index contributed by atoms with van der Waals surface area (Å²) in [5.74, 6) is -0.0893. The van der Waals surface area contributed by atoms with Crippen LogP contribution in [0.5, 0.6) is 0 Å². The van der Waals surface area contributed by atoms with Crippen LogP contribution in [0.1, 0.15) is 23.7 Å². The maximum Gasteiger partial charge on any atom is 0.309 e. The van der Waals surface area contributed by atoms with Gasteiger partial charge in [0.25, 0.3) is 0 Å². The number of nitrogens with zero attached hydrogens (tertiary/aromatic N) is 1. The molecule has 1 aliphatic rings. The number of para-hydroxylation sites is 1. The van der Waals surface area contributed by atoms with Crippen LogP contribution >= 0.6 is 0 Å². The van der Waals surface area contributed by atoms with Gasteiger partial charge in [-0.2, -0.15) is 0 Å². The minimum Gasteiger partial charge on any atom is -0.457 e. The fraction of sp³-hybridized carbons (Fsp3) is 0.273. The molecule has 0 unspecified atom stereocenters. The van der Waals surface area contributed by atoms with E-state index in [4.69, 9.17) is 4.74 Å². The third-order valence-electron chi connectivity index (χ3n) is 5.19. The van der Waals surface area contributed by atoms with Crippen LogP contribution in [0.3, 0.4) is 0 Å². The summed E-state index contributed by atoms with van der Waals surface area (Å²) in [5.41, 5.74) is 3.42. The maximum absolute atomic E-state index is 13.0. The van der Waals surface area contributed by atoms with E-state index in [1.54, 1.807) is 0 Å². The van der Waals surface area contributed by atoms with Gasteiger partial charge in [0, 0.05) is 18.0 Å². The molecule has 4 nitrogen and oxygen atoms in total. The lowest BCUT2D eigenvalue weighted by molar-refractivity contribution is -0.144. The molecule has 0 saturated heterocycles. The third-order valence-corrected chi connectivity index (χ3v) is 5.19. The molecule has 1 fully saturated rings. The fourth-order valence-electron chi connectivity index (χ4n) is 3.58. The van der Waals surface area contributed by atoms with Crippen molar-refractivity contribution >= 4 is 22.7 Å². The van der Waals surface area contributed by atoms with Gasteiger partial charge in [0.15, 0.2) is 6.61 Å². The van der Waals surface area contributed by atoms with Gasteiger partial charge in [0.2, 0.25) is 5.78 Å². The Hall–Kier alpha value is -2.88. The Morgan fingerprint density at radius 3 is 2.42 bits per heavy atom. The van der Waals surface area contributed by atoms with Gasteiger partial charge in [-0.05, 0) is 24.0 Å². The molecule has 4 heteroatoms. The zero-order valence-corrected chi connectivity index (χ0v) is 14.9. The van der Waals surface area contributed by atoms with Crippen molar-refractivity contribution in [3.63, 3.8) is 0 Å². The molecule has 0 aliphatic heterocycles. The van der Waals surface area contributed by atoms with E-state index < -0.39 is 0 Å². The first kappa shape index (κ1) is 16.6. The van der Waals surface area contributed by atoms with E-state index in [9.17, 15) is 9.59 Å². The first-order valence-electron chi connectivity index (χ1n) is 8.90. The summed E-state index contributed by atoms with van der Waals surface area (Å²) in [7, 11) is 1.96. The van der Waals surface area contributed by atoms with E-state index in [-0.39, 0.29) is 24.3 Å². The number of aryl methyl sites for hydroxylation is 1. The van der Waals surface area contributed by atoms with Gasteiger partial charge in [-0.3, -0.25) is 9.59 Å². The maximum atomic E-state index is 13.0. The Bertz CT molecular complexity index is 987. The number of aromatic nitrogens is 1. The second-order valence-corrected chi connectivity index (χ2v) is 7.02. The summed E-state index contributed by atoms with van der Waals surface area (Å²) in [6.07, 6.45) is 0.858. The van der Waals surface area contributed by atoms with Crippen molar-refractivity contribution in [1.82, 2.24) is 4.57 Å². The predicted molar refractivity (Wildman–Crippen MR) is 101 cm³/mol. The molecule has 26 heavy (non-hydrogen) atoms. The topological polar surface area (TPSA) is 48.3 Å². The molecule has 1 saturated carbocycles. The summed E-state index contributed by atoms with van der Waals surface area (Å²) in [4.78, 5) is 25.0. The molecule has 2 atom stereocenters. The molecule has 1 aliphatic carbocycles. The number of ketones is 1. The van der Waals surface area contributed by atoms with Gasteiger partial charge < -0.3 is 9.30 Å². The molecule has 132 valence electrons. The molecule has 0 spiro atoms. The number of rotatable bonds is 5. The van der Waals surface area contributed by atoms with Crippen LogP contribution in [-0.2, 0) is 16.6 Å². The van der Waals surface area contributed by atoms with Gasteiger partial charge in [0.1, 0.15) is 0 Å². The van der Waals surface area contributed by atoms with Crippen LogP contribution in [0.15, 0.2) is 54.6 Å². The summed E-state index contributed by atoms with van der Waals surface area (Å²) < 4.78 is 7.33. The van der Waals surface area contributed by atoms with Gasteiger partial charge in [0.05, 0.1) is 17.2 Å². The molecule has 0 bridgehead atoms. The highest BCUT2D eigenvalue weighted by Gasteiger charge is 2.40. The van der Waals surface area contributed by atoms with Crippen molar-refractivity contribution in [3.8, 4) is 11.3 Å². The number of fused-ring (bicyclic) bond motifs is 1. The molecule has 0 N–H and O–H groups in total. The highest BCUT2D eigenvalue weighted by atomic mass is 16.5. The number of carbonyl (C=O) groups is 2. The van der Waals surface area contributed by atoms with Crippen LogP contribution in [-0.4, -0.2) is 22.9 Å². The number of ether oxygens (including phenoxy) is 1. The van der Waals surface area contributed by atoms with E-state index in [2.05, 4.69) is 0 Å². The number of carbonyl (C=O) groups excluding carboxylic acids is 2. The SMILES string of the molecule is C[C@H]1C[C@@H]1C(=O)OCC(=O)c1c(-c2ccccc2)n(C)c2ccccc12. The number of esters is 1. The zero-order valence-electron chi connectivity index (χ0n) is 14.9. The van der Waals surface area contributed by atoms with E-state index in [0.29, 0.717) is 11.5 Å². The lowest BCUT2D eigenvalue weighted by atomic mass is 10.0. The molecule has 0 radical (unpaired) electrons. The average molecular weight is 347 g/mol. The molecule has 1 heterocycles. The van der Waals surface area contributed by atoms with Gasteiger partial charge in [-0.15, -0.1) is 0 Å². The second kappa shape index (κ2) is 6.45. The molecular formula is C22H21NO3. The predicted octanol–water partition coefficient (Wildman–Crippen LogP) is 4.23. The van der Waals surface area contributed by atoms with E-state index in [0.717, 1.165) is 28.6 Å². The van der Waals surface area contributed by atoms with Crippen molar-refractivity contribution in [2.45, 2.75) is 13.3 Å². The first-order valence-corrected chi connectivity index (χ1v) is 8.90. The number of hydrogen-bond acceptors (Lipinski definition) is 3. The Morgan fingerprint density at radius 1 is 1.08 bits per heavy atom. The van der Waals surface area contributed by atoms with Crippen LogP contribution in [0.4, 0.5) is 0 Å². The van der Waals surface area contributed by atoms with Crippen LogP contribution < -0.4 is 0 Å². The quantitative estimate of drug-likeness (QED) is 0.513. The van der Waals surface area contributed by atoms with Crippen molar-refractivity contribution in [2.75, 3.05) is 6.61 Å². The summed E-state index contributed by atoms with van der Waals surface area (Å²) in [6, 6.07) is 17.7. The Kier molecular flexibility index (Phi) is 4.11. The number of Topliss-reactive ketones (excluding diaryl/α,β-unsaturated/α-hetero) is 1. The van der Waals surface area contributed by atoms with E-state index >= 15 is 0 Å². The monoisotopic (exact) mass is 347 g/mol. The highest BCUT2D eigenvalue weighted by molar-refractivity contribution is 6.14. The fourth-order valence-corrected chi connectivity index (χ4v) is 3.58. The molecule has 1 aromatic heterocycles. The molecular weight excluding hydrogens is 326 g/mol. The summed E-state index contributed by atoms with van der Waals surface area (Å²) in [5, 5.41) is 0.884. The number of hydrogen-bond donors (Lipinski definition) is 0. The van der Waals surface area contributed by atoms with Crippen molar-refractivity contribution in [2.24, 2.45) is 18.9 Å². The van der Waals surface area contributed by atoms with Crippen molar-refractivity contribution in [1.29, 1.82) is 0 Å². The third kappa shape index (κ3) is 2.81. The van der Waals surface area contributed by atoms with Crippen LogP contribution in [0, 0.1) is 11.8 Å². The van der Waals surface area contributed by atoms with Gasteiger partial charge >= 0.3 is 5.97 Å². The van der Waals surface area contributed by atoms with Crippen LogP contribution in [0.25, 0.3) is 22.2 Å².